The molecule has 2 heterocycles. The van der Waals surface area contributed by atoms with Gasteiger partial charge < -0.3 is 4.57 Å². The molecule has 0 aliphatic carbocycles. The molecule has 1 aromatic heterocycles. The molecule has 0 saturated carbocycles. The Kier molecular flexibility index (Phi) is 5.89. The topological polar surface area (TPSA) is 17.8 Å². The fourth-order valence-corrected chi connectivity index (χ4v) is 6.45. The molecule has 0 spiro atoms. The van der Waals surface area contributed by atoms with Crippen molar-refractivity contribution in [3.05, 3.63) is 52.5 Å². The number of benzene rings is 1. The molecule has 0 N–H and O–H groups in total. The van der Waals surface area contributed by atoms with Crippen LogP contribution in [0.2, 0.25) is 10.0 Å². The maximum atomic E-state index is 6.42. The van der Waals surface area contributed by atoms with Crippen LogP contribution in [0.3, 0.4) is 0 Å². The summed E-state index contributed by atoms with van der Waals surface area (Å²) in [5.74, 6) is 3.19. The Morgan fingerprint density at radius 2 is 2.09 bits per heavy atom. The van der Waals surface area contributed by atoms with Crippen molar-refractivity contribution in [2.24, 2.45) is 5.92 Å². The maximum absolute atomic E-state index is 6.42. The number of hydrogen-bond donors (Lipinski definition) is 0. The Balaban J connectivity index is 1.77. The Labute approximate surface area is 156 Å². The highest BCUT2D eigenvalue weighted by molar-refractivity contribution is 8.18. The Bertz CT molecular complexity index is 638. The SMILES string of the molecule is CC1CSC(CCn2ccnc2)(Cc2ccc(Cl)cc2Cl)SC1. The zero-order valence-corrected chi connectivity index (χ0v) is 16.2. The number of rotatable bonds is 5. The van der Waals surface area contributed by atoms with E-state index >= 15 is 0 Å². The molecule has 0 unspecified atom stereocenters. The first kappa shape index (κ1) is 17.5. The van der Waals surface area contributed by atoms with Gasteiger partial charge in [0.2, 0.25) is 0 Å². The van der Waals surface area contributed by atoms with Crippen molar-refractivity contribution < 1.29 is 0 Å². The van der Waals surface area contributed by atoms with Gasteiger partial charge in [0.05, 0.1) is 10.4 Å². The van der Waals surface area contributed by atoms with Crippen LogP contribution in [0, 0.1) is 5.92 Å². The summed E-state index contributed by atoms with van der Waals surface area (Å²) >= 11 is 16.6. The average Bonchev–Trinajstić information content (AvgIpc) is 3.05. The molecule has 1 fully saturated rings. The van der Waals surface area contributed by atoms with Gasteiger partial charge in [-0.15, -0.1) is 23.5 Å². The summed E-state index contributed by atoms with van der Waals surface area (Å²) in [7, 11) is 0. The lowest BCUT2D eigenvalue weighted by molar-refractivity contribution is 0.586. The minimum Gasteiger partial charge on any atom is -0.337 e. The summed E-state index contributed by atoms with van der Waals surface area (Å²) in [6.45, 7) is 3.31. The number of hydrogen-bond acceptors (Lipinski definition) is 3. The van der Waals surface area contributed by atoms with Gasteiger partial charge in [-0.2, -0.15) is 0 Å². The molecule has 3 rings (SSSR count). The summed E-state index contributed by atoms with van der Waals surface area (Å²) in [6, 6.07) is 5.86. The van der Waals surface area contributed by atoms with Crippen LogP contribution in [0.25, 0.3) is 0 Å². The number of aromatic nitrogens is 2. The van der Waals surface area contributed by atoms with Crippen LogP contribution in [-0.2, 0) is 13.0 Å². The van der Waals surface area contributed by atoms with Crippen molar-refractivity contribution in [3.63, 3.8) is 0 Å². The van der Waals surface area contributed by atoms with Crippen molar-refractivity contribution in [3.8, 4) is 0 Å². The number of nitrogens with zero attached hydrogens (tertiary/aromatic N) is 2. The fourth-order valence-electron chi connectivity index (χ4n) is 2.69. The van der Waals surface area contributed by atoms with Crippen molar-refractivity contribution in [1.82, 2.24) is 9.55 Å². The minimum absolute atomic E-state index is 0.175. The molecule has 1 saturated heterocycles. The van der Waals surface area contributed by atoms with E-state index in [4.69, 9.17) is 23.2 Å². The van der Waals surface area contributed by atoms with E-state index in [-0.39, 0.29) is 4.08 Å². The van der Waals surface area contributed by atoms with Crippen LogP contribution in [0.1, 0.15) is 18.9 Å². The molecule has 124 valence electrons. The van der Waals surface area contributed by atoms with Crippen LogP contribution in [0.15, 0.2) is 36.9 Å². The highest BCUT2D eigenvalue weighted by Crippen LogP contribution is 2.49. The second kappa shape index (κ2) is 7.73. The minimum atomic E-state index is 0.175. The van der Waals surface area contributed by atoms with E-state index in [1.165, 1.54) is 17.1 Å². The third kappa shape index (κ3) is 4.62. The zero-order chi connectivity index (χ0) is 16.3. The number of aryl methyl sites for hydroxylation is 1. The van der Waals surface area contributed by atoms with E-state index < -0.39 is 0 Å². The van der Waals surface area contributed by atoms with Gasteiger partial charge in [0.1, 0.15) is 0 Å². The maximum Gasteiger partial charge on any atom is 0.0945 e. The summed E-state index contributed by atoms with van der Waals surface area (Å²) in [6.07, 6.45) is 7.84. The lowest BCUT2D eigenvalue weighted by atomic mass is 10.1. The van der Waals surface area contributed by atoms with E-state index in [0.717, 1.165) is 30.3 Å². The molecule has 0 bridgehead atoms. The molecule has 0 radical (unpaired) electrons. The summed E-state index contributed by atoms with van der Waals surface area (Å²) < 4.78 is 2.33. The van der Waals surface area contributed by atoms with Crippen molar-refractivity contribution in [2.75, 3.05) is 11.5 Å². The molecule has 1 aliphatic heterocycles. The van der Waals surface area contributed by atoms with Crippen molar-refractivity contribution in [1.29, 1.82) is 0 Å². The fraction of sp³-hybridized carbons (Fsp3) is 0.471. The predicted molar refractivity (Wildman–Crippen MR) is 104 cm³/mol. The third-order valence-electron chi connectivity index (χ3n) is 4.05. The summed E-state index contributed by atoms with van der Waals surface area (Å²) in [5.41, 5.74) is 1.19. The first-order chi connectivity index (χ1) is 11.1. The standard InChI is InChI=1S/C17H20Cl2N2S2/c1-13-10-22-17(23-11-13,4-6-21-7-5-20-12-21)9-14-2-3-15(18)8-16(14)19/h2-3,5,7-8,12-13H,4,6,9-11H2,1H3. The molecular formula is C17H20Cl2N2S2. The van der Waals surface area contributed by atoms with Crippen LogP contribution < -0.4 is 0 Å². The highest BCUT2D eigenvalue weighted by atomic mass is 35.5. The average molecular weight is 387 g/mol. The van der Waals surface area contributed by atoms with E-state index in [2.05, 4.69) is 46.1 Å². The lowest BCUT2D eigenvalue weighted by Crippen LogP contribution is -2.32. The van der Waals surface area contributed by atoms with Gasteiger partial charge in [0, 0.05) is 29.0 Å². The van der Waals surface area contributed by atoms with Crippen LogP contribution in [-0.4, -0.2) is 25.1 Å². The molecule has 1 aromatic carbocycles. The molecule has 23 heavy (non-hydrogen) atoms. The first-order valence-corrected chi connectivity index (χ1v) is 10.5. The van der Waals surface area contributed by atoms with Gasteiger partial charge in [0.25, 0.3) is 0 Å². The highest BCUT2D eigenvalue weighted by Gasteiger charge is 2.36. The first-order valence-electron chi connectivity index (χ1n) is 7.74. The smallest absolute Gasteiger partial charge is 0.0945 e. The van der Waals surface area contributed by atoms with Crippen LogP contribution in [0.4, 0.5) is 0 Å². The van der Waals surface area contributed by atoms with Crippen molar-refractivity contribution >= 4 is 46.7 Å². The summed E-state index contributed by atoms with van der Waals surface area (Å²) in [5, 5.41) is 1.48. The zero-order valence-electron chi connectivity index (χ0n) is 13.0. The van der Waals surface area contributed by atoms with Gasteiger partial charge in [-0.05, 0) is 48.0 Å². The van der Waals surface area contributed by atoms with E-state index in [1.807, 2.05) is 30.9 Å². The van der Waals surface area contributed by atoms with Gasteiger partial charge in [-0.1, -0.05) is 36.2 Å². The second-order valence-electron chi connectivity index (χ2n) is 6.10. The number of imidazole rings is 1. The Morgan fingerprint density at radius 3 is 2.74 bits per heavy atom. The van der Waals surface area contributed by atoms with Gasteiger partial charge in [-0.25, -0.2) is 4.98 Å². The van der Waals surface area contributed by atoms with E-state index in [1.54, 1.807) is 0 Å². The quantitative estimate of drug-likeness (QED) is 0.662. The van der Waals surface area contributed by atoms with Gasteiger partial charge >= 0.3 is 0 Å². The third-order valence-corrected chi connectivity index (χ3v) is 8.56. The normalized spacial score (nSPS) is 24.7. The van der Waals surface area contributed by atoms with E-state index in [0.29, 0.717) is 5.02 Å². The predicted octanol–water partition coefficient (Wildman–Crippen LogP) is 5.64. The lowest BCUT2D eigenvalue weighted by Gasteiger charge is -2.39. The molecule has 0 amide bonds. The number of halogens is 2. The molecular weight excluding hydrogens is 367 g/mol. The largest absolute Gasteiger partial charge is 0.337 e. The molecule has 2 nitrogen and oxygen atoms in total. The van der Waals surface area contributed by atoms with Crippen LogP contribution >= 0.6 is 46.7 Å². The molecule has 1 aliphatic rings. The van der Waals surface area contributed by atoms with E-state index in [9.17, 15) is 0 Å². The second-order valence-corrected chi connectivity index (χ2v) is 10.0. The van der Waals surface area contributed by atoms with Gasteiger partial charge in [-0.3, -0.25) is 0 Å². The Morgan fingerprint density at radius 1 is 1.30 bits per heavy atom. The van der Waals surface area contributed by atoms with Crippen LogP contribution in [0.5, 0.6) is 0 Å². The molecule has 0 atom stereocenters. The molecule has 6 heteroatoms. The monoisotopic (exact) mass is 386 g/mol. The van der Waals surface area contributed by atoms with Crippen molar-refractivity contribution in [2.45, 2.75) is 30.4 Å². The molecule has 2 aromatic rings. The summed E-state index contributed by atoms with van der Waals surface area (Å²) in [4.78, 5) is 4.14. The number of thioether (sulfide) groups is 2. The Hall–Kier alpha value is -0.290. The van der Waals surface area contributed by atoms with Gasteiger partial charge in [0.15, 0.2) is 0 Å².